The third-order valence-corrected chi connectivity index (χ3v) is 5.08. The van der Waals surface area contributed by atoms with Crippen molar-refractivity contribution >= 4 is 10.0 Å². The Kier molecular flexibility index (Phi) is 4.05. The Labute approximate surface area is 123 Å². The van der Waals surface area contributed by atoms with E-state index in [1.165, 1.54) is 6.20 Å². The van der Waals surface area contributed by atoms with Crippen molar-refractivity contribution in [1.29, 1.82) is 0 Å². The lowest BCUT2D eigenvalue weighted by Gasteiger charge is -2.24. The molecule has 0 spiro atoms. The van der Waals surface area contributed by atoms with Crippen LogP contribution in [-0.4, -0.2) is 32.7 Å². The summed E-state index contributed by atoms with van der Waals surface area (Å²) in [5.41, 5.74) is 0.520. The molecule has 0 amide bonds. The molecule has 1 atom stereocenters. The highest BCUT2D eigenvalue weighted by Gasteiger charge is 2.25. The molecule has 1 aliphatic rings. The number of nitrogens with one attached hydrogen (secondary N) is 2. The molecule has 1 aliphatic heterocycles. The Bertz CT molecular complexity index is 692. The van der Waals surface area contributed by atoms with Crippen LogP contribution in [0.2, 0.25) is 0 Å². The van der Waals surface area contributed by atoms with Gasteiger partial charge in [-0.2, -0.15) is 0 Å². The lowest BCUT2D eigenvalue weighted by atomic mass is 10.1. The van der Waals surface area contributed by atoms with Crippen LogP contribution in [-0.2, 0) is 10.0 Å². The van der Waals surface area contributed by atoms with Crippen molar-refractivity contribution < 1.29 is 12.9 Å². The first-order valence-electron chi connectivity index (χ1n) is 6.90. The van der Waals surface area contributed by atoms with Crippen molar-refractivity contribution in [3.8, 4) is 11.3 Å². The van der Waals surface area contributed by atoms with E-state index in [-0.39, 0.29) is 10.9 Å². The van der Waals surface area contributed by atoms with E-state index in [9.17, 15) is 8.42 Å². The second-order valence-corrected chi connectivity index (χ2v) is 6.72. The van der Waals surface area contributed by atoms with Crippen LogP contribution in [0.15, 0.2) is 45.9 Å². The highest BCUT2D eigenvalue weighted by Crippen LogP contribution is 2.27. The van der Waals surface area contributed by atoms with Crippen molar-refractivity contribution in [2.75, 3.05) is 13.1 Å². The molecule has 3 rings (SSSR count). The minimum Gasteiger partial charge on any atom is -0.356 e. The molecule has 2 heterocycles. The molecule has 1 fully saturated rings. The molecule has 112 valence electrons. The Balaban J connectivity index is 1.92. The van der Waals surface area contributed by atoms with E-state index in [1.54, 1.807) is 30.3 Å². The van der Waals surface area contributed by atoms with E-state index in [1.807, 2.05) is 0 Å². The molecule has 0 unspecified atom stereocenters. The average Bonchev–Trinajstić information content (AvgIpc) is 3.02. The van der Waals surface area contributed by atoms with E-state index in [2.05, 4.69) is 15.2 Å². The van der Waals surface area contributed by atoms with Gasteiger partial charge in [0.05, 0.1) is 11.1 Å². The zero-order valence-electron chi connectivity index (χ0n) is 11.5. The minimum atomic E-state index is -3.59. The fraction of sp³-hybridized carbons (Fsp3) is 0.357. The zero-order chi connectivity index (χ0) is 14.7. The van der Waals surface area contributed by atoms with Crippen LogP contribution in [0.5, 0.6) is 0 Å². The third kappa shape index (κ3) is 3.15. The van der Waals surface area contributed by atoms with Gasteiger partial charge in [-0.1, -0.05) is 17.3 Å². The fourth-order valence-corrected chi connectivity index (χ4v) is 3.98. The predicted octanol–water partition coefficient (Wildman–Crippen LogP) is 1.37. The van der Waals surface area contributed by atoms with Gasteiger partial charge in [0, 0.05) is 24.2 Å². The summed E-state index contributed by atoms with van der Waals surface area (Å²) in [7, 11) is -3.59. The maximum atomic E-state index is 12.6. The molecule has 2 aromatic rings. The summed E-state index contributed by atoms with van der Waals surface area (Å²) in [5, 5.41) is 6.83. The van der Waals surface area contributed by atoms with Crippen LogP contribution < -0.4 is 10.0 Å². The van der Waals surface area contributed by atoms with Crippen LogP contribution in [0.25, 0.3) is 11.3 Å². The molecule has 7 heteroatoms. The lowest BCUT2D eigenvalue weighted by molar-refractivity contribution is 0.427. The maximum absolute atomic E-state index is 12.6. The quantitative estimate of drug-likeness (QED) is 0.891. The average molecular weight is 307 g/mol. The van der Waals surface area contributed by atoms with Crippen molar-refractivity contribution in [3.05, 3.63) is 36.5 Å². The zero-order valence-corrected chi connectivity index (χ0v) is 12.3. The Morgan fingerprint density at radius 2 is 2.14 bits per heavy atom. The van der Waals surface area contributed by atoms with Gasteiger partial charge in [-0.15, -0.1) is 0 Å². The van der Waals surface area contributed by atoms with Gasteiger partial charge >= 0.3 is 0 Å². The number of nitrogens with zero attached hydrogens (tertiary/aromatic N) is 1. The molecule has 21 heavy (non-hydrogen) atoms. The summed E-state index contributed by atoms with van der Waals surface area (Å²) in [6, 6.07) is 8.35. The monoisotopic (exact) mass is 307 g/mol. The van der Waals surface area contributed by atoms with Gasteiger partial charge < -0.3 is 9.84 Å². The van der Waals surface area contributed by atoms with Crippen molar-refractivity contribution in [3.63, 3.8) is 0 Å². The van der Waals surface area contributed by atoms with E-state index in [0.717, 1.165) is 19.4 Å². The Hall–Kier alpha value is -1.70. The van der Waals surface area contributed by atoms with Crippen molar-refractivity contribution in [1.82, 2.24) is 15.2 Å². The molecule has 0 radical (unpaired) electrons. The van der Waals surface area contributed by atoms with Crippen LogP contribution in [0, 0.1) is 0 Å². The molecule has 6 nitrogen and oxygen atoms in total. The number of piperidine rings is 1. The highest BCUT2D eigenvalue weighted by molar-refractivity contribution is 7.89. The van der Waals surface area contributed by atoms with Gasteiger partial charge in [0.25, 0.3) is 0 Å². The van der Waals surface area contributed by atoms with Gasteiger partial charge in [-0.3, -0.25) is 0 Å². The van der Waals surface area contributed by atoms with Gasteiger partial charge in [-0.05, 0) is 31.5 Å². The number of benzene rings is 1. The largest absolute Gasteiger partial charge is 0.356 e. The van der Waals surface area contributed by atoms with Crippen molar-refractivity contribution in [2.24, 2.45) is 0 Å². The standard InChI is InChI=1S/C14H17N3O3S/c18-21(19,17-11-4-3-8-15-10-11)14-6-2-1-5-12(14)13-7-9-16-20-13/h1-2,5-7,9,11,15,17H,3-4,8,10H2/t11-/m0/s1. The first-order valence-corrected chi connectivity index (χ1v) is 8.38. The minimum absolute atomic E-state index is 0.0773. The van der Waals surface area contributed by atoms with Crippen LogP contribution >= 0.6 is 0 Å². The number of rotatable bonds is 4. The van der Waals surface area contributed by atoms with Gasteiger partial charge in [0.2, 0.25) is 10.0 Å². The number of hydrogen-bond donors (Lipinski definition) is 2. The third-order valence-electron chi connectivity index (χ3n) is 3.50. The topological polar surface area (TPSA) is 84.2 Å². The van der Waals surface area contributed by atoms with Gasteiger partial charge in [-0.25, -0.2) is 13.1 Å². The summed E-state index contributed by atoms with van der Waals surface area (Å²) in [6.07, 6.45) is 3.31. The van der Waals surface area contributed by atoms with Gasteiger partial charge in [0.1, 0.15) is 0 Å². The van der Waals surface area contributed by atoms with E-state index >= 15 is 0 Å². The number of sulfonamides is 1. The molecule has 1 aromatic heterocycles. The molecule has 0 bridgehead atoms. The number of aromatic nitrogens is 1. The molecule has 1 saturated heterocycles. The second-order valence-electron chi connectivity index (χ2n) is 5.04. The van der Waals surface area contributed by atoms with Crippen LogP contribution in [0.4, 0.5) is 0 Å². The molecule has 2 N–H and O–H groups in total. The van der Waals surface area contributed by atoms with Gasteiger partial charge in [0.15, 0.2) is 5.76 Å². The van der Waals surface area contributed by atoms with E-state index in [0.29, 0.717) is 17.9 Å². The summed E-state index contributed by atoms with van der Waals surface area (Å²) in [4.78, 5) is 0.215. The van der Waals surface area contributed by atoms with Crippen molar-refractivity contribution in [2.45, 2.75) is 23.8 Å². The van der Waals surface area contributed by atoms with Crippen LogP contribution in [0.3, 0.4) is 0 Å². The summed E-state index contributed by atoms with van der Waals surface area (Å²) < 4.78 is 33.1. The summed E-state index contributed by atoms with van der Waals surface area (Å²) in [5.74, 6) is 0.442. The summed E-state index contributed by atoms with van der Waals surface area (Å²) >= 11 is 0. The Morgan fingerprint density at radius 3 is 2.86 bits per heavy atom. The predicted molar refractivity (Wildman–Crippen MR) is 78.2 cm³/mol. The highest BCUT2D eigenvalue weighted by atomic mass is 32.2. The maximum Gasteiger partial charge on any atom is 0.241 e. The lowest BCUT2D eigenvalue weighted by Crippen LogP contribution is -2.45. The number of hydrogen-bond acceptors (Lipinski definition) is 5. The first-order chi connectivity index (χ1) is 10.2. The first kappa shape index (κ1) is 14.2. The van der Waals surface area contributed by atoms with Crippen LogP contribution in [0.1, 0.15) is 12.8 Å². The SMILES string of the molecule is O=S(=O)(N[C@H]1CCCNC1)c1ccccc1-c1ccno1. The molecular formula is C14H17N3O3S. The second kappa shape index (κ2) is 5.97. The summed E-state index contributed by atoms with van der Waals surface area (Å²) in [6.45, 7) is 1.59. The fourth-order valence-electron chi connectivity index (χ4n) is 2.49. The normalized spacial score (nSPS) is 19.5. The molecule has 0 aliphatic carbocycles. The molecule has 1 aromatic carbocycles. The molecule has 0 saturated carbocycles. The molecular weight excluding hydrogens is 290 g/mol. The van der Waals surface area contributed by atoms with E-state index in [4.69, 9.17) is 4.52 Å². The smallest absolute Gasteiger partial charge is 0.241 e. The van der Waals surface area contributed by atoms with E-state index < -0.39 is 10.0 Å². The Morgan fingerprint density at radius 1 is 1.29 bits per heavy atom.